The molecule has 0 spiro atoms. The standard InChI is InChI=1S/C22H24N4O6S2/c23-34(28,29)32-7-13-3-12(4-17(13)27)15-8-33-21-20(15)24-9-25-22(21)26-16-2-1-11-5-18-19(6-14(11)16)31-10-30-18/h5-6,8-9,12-13,16-17,27H,1-4,7,10H2,(H2,23,28,29)(H,24,25,26). The lowest BCUT2D eigenvalue weighted by Crippen LogP contribution is -2.24. The van der Waals surface area contributed by atoms with Crippen molar-refractivity contribution in [2.24, 2.45) is 11.1 Å². The first kappa shape index (κ1) is 22.0. The van der Waals surface area contributed by atoms with E-state index in [0.29, 0.717) is 12.8 Å². The van der Waals surface area contributed by atoms with Crippen molar-refractivity contribution >= 4 is 37.7 Å². The Morgan fingerprint density at radius 1 is 1.21 bits per heavy atom. The molecule has 2 aliphatic carbocycles. The van der Waals surface area contributed by atoms with Crippen molar-refractivity contribution < 1.29 is 27.2 Å². The summed E-state index contributed by atoms with van der Waals surface area (Å²) in [6, 6.07) is 4.24. The number of ether oxygens (including phenoxy) is 2. The number of thiophene rings is 1. The molecular weight excluding hydrogens is 480 g/mol. The molecule has 0 amide bonds. The van der Waals surface area contributed by atoms with E-state index in [0.717, 1.165) is 45.9 Å². The number of aliphatic hydroxyl groups is 1. The Morgan fingerprint density at radius 2 is 2.03 bits per heavy atom. The average molecular weight is 505 g/mol. The Hall–Kier alpha value is -2.51. The maximum atomic E-state index is 11.1. The van der Waals surface area contributed by atoms with Gasteiger partial charge in [-0.15, -0.1) is 11.3 Å². The van der Waals surface area contributed by atoms with Crippen molar-refractivity contribution in [2.75, 3.05) is 18.7 Å². The van der Waals surface area contributed by atoms with E-state index in [4.69, 9.17) is 18.8 Å². The summed E-state index contributed by atoms with van der Waals surface area (Å²) in [6.07, 6.45) is 3.91. The number of aromatic nitrogens is 2. The highest BCUT2D eigenvalue weighted by molar-refractivity contribution is 7.84. The number of aliphatic hydroxyl groups excluding tert-OH is 1. The van der Waals surface area contributed by atoms with Crippen LogP contribution < -0.4 is 19.9 Å². The molecule has 3 aromatic rings. The van der Waals surface area contributed by atoms with E-state index in [1.165, 1.54) is 11.1 Å². The number of anilines is 1. The minimum absolute atomic E-state index is 0.0486. The predicted octanol–water partition coefficient (Wildman–Crippen LogP) is 2.59. The zero-order valence-corrected chi connectivity index (χ0v) is 19.8. The third-order valence-electron chi connectivity index (χ3n) is 6.95. The van der Waals surface area contributed by atoms with Crippen LogP contribution in [0.1, 0.15) is 47.9 Å². The number of nitrogens with two attached hydrogens (primary N) is 1. The predicted molar refractivity (Wildman–Crippen MR) is 125 cm³/mol. The van der Waals surface area contributed by atoms with Gasteiger partial charge in [-0.2, -0.15) is 8.42 Å². The molecule has 0 radical (unpaired) electrons. The van der Waals surface area contributed by atoms with Gasteiger partial charge >= 0.3 is 10.3 Å². The topological polar surface area (TPSA) is 146 Å². The van der Waals surface area contributed by atoms with Crippen LogP contribution in [0.25, 0.3) is 10.2 Å². The molecule has 12 heteroatoms. The zero-order valence-electron chi connectivity index (χ0n) is 18.1. The molecule has 1 saturated carbocycles. The lowest BCUT2D eigenvalue weighted by Gasteiger charge is -2.16. The van der Waals surface area contributed by atoms with E-state index in [1.54, 1.807) is 17.7 Å². The molecule has 34 heavy (non-hydrogen) atoms. The first-order valence-corrected chi connectivity index (χ1v) is 13.5. The van der Waals surface area contributed by atoms with E-state index in [9.17, 15) is 13.5 Å². The van der Waals surface area contributed by atoms with Crippen molar-refractivity contribution in [3.05, 3.63) is 40.5 Å². The molecular formula is C22H24N4O6S2. The van der Waals surface area contributed by atoms with Crippen molar-refractivity contribution in [1.82, 2.24) is 9.97 Å². The molecule has 3 heterocycles. The van der Waals surface area contributed by atoms with E-state index >= 15 is 0 Å². The molecule has 0 saturated heterocycles. The van der Waals surface area contributed by atoms with Crippen LogP contribution in [0.4, 0.5) is 5.82 Å². The fourth-order valence-electron chi connectivity index (χ4n) is 5.29. The normalized spacial score (nSPS) is 25.7. The Kier molecular flexibility index (Phi) is 5.37. The van der Waals surface area contributed by atoms with Crippen molar-refractivity contribution in [3.8, 4) is 11.5 Å². The first-order chi connectivity index (χ1) is 16.4. The highest BCUT2D eigenvalue weighted by Crippen LogP contribution is 2.46. The average Bonchev–Trinajstić information content (AvgIpc) is 3.56. The summed E-state index contributed by atoms with van der Waals surface area (Å²) in [4.78, 5) is 9.07. The molecule has 4 atom stereocenters. The van der Waals surface area contributed by atoms with E-state index in [1.807, 2.05) is 0 Å². The second-order valence-corrected chi connectivity index (χ2v) is 11.1. The van der Waals surface area contributed by atoms with Gasteiger partial charge in [0.15, 0.2) is 11.5 Å². The molecule has 6 rings (SSSR count). The van der Waals surface area contributed by atoms with Gasteiger partial charge in [0.05, 0.1) is 29.0 Å². The van der Waals surface area contributed by atoms with Crippen molar-refractivity contribution in [1.29, 1.82) is 0 Å². The fraction of sp³-hybridized carbons (Fsp3) is 0.455. The highest BCUT2D eigenvalue weighted by atomic mass is 32.2. The molecule has 4 unspecified atom stereocenters. The second-order valence-electron chi connectivity index (χ2n) is 9.00. The number of fused-ring (bicyclic) bond motifs is 3. The molecule has 1 aliphatic heterocycles. The molecule has 180 valence electrons. The second kappa shape index (κ2) is 8.31. The largest absolute Gasteiger partial charge is 0.454 e. The number of hydrogen-bond acceptors (Lipinski definition) is 10. The summed E-state index contributed by atoms with van der Waals surface area (Å²) in [7, 11) is -4.04. The van der Waals surface area contributed by atoms with Crippen LogP contribution in [-0.4, -0.2) is 43.0 Å². The van der Waals surface area contributed by atoms with Gasteiger partial charge in [0.1, 0.15) is 12.1 Å². The molecule has 4 N–H and O–H groups in total. The summed E-state index contributed by atoms with van der Waals surface area (Å²) < 4.78 is 39.0. The Balaban J connectivity index is 1.23. The molecule has 0 bridgehead atoms. The number of nitrogens with zero attached hydrogens (tertiary/aromatic N) is 2. The maximum Gasteiger partial charge on any atom is 0.333 e. The van der Waals surface area contributed by atoms with Crippen LogP contribution in [0.3, 0.4) is 0 Å². The molecule has 1 fully saturated rings. The Bertz CT molecular complexity index is 1360. The molecule has 1 aromatic carbocycles. The lowest BCUT2D eigenvalue weighted by atomic mass is 9.98. The van der Waals surface area contributed by atoms with Crippen LogP contribution in [0.2, 0.25) is 0 Å². The third kappa shape index (κ3) is 3.99. The Labute approximate surface area is 200 Å². The summed E-state index contributed by atoms with van der Waals surface area (Å²) in [5.74, 6) is 2.11. The van der Waals surface area contributed by atoms with Gasteiger partial charge in [-0.05, 0) is 65.8 Å². The fourth-order valence-corrected chi connectivity index (χ4v) is 6.71. The maximum absolute atomic E-state index is 11.1. The zero-order chi connectivity index (χ0) is 23.4. The van der Waals surface area contributed by atoms with Crippen molar-refractivity contribution in [2.45, 2.75) is 43.7 Å². The minimum atomic E-state index is -4.04. The Morgan fingerprint density at radius 3 is 2.85 bits per heavy atom. The van der Waals surface area contributed by atoms with Gasteiger partial charge in [0.2, 0.25) is 6.79 Å². The van der Waals surface area contributed by atoms with Gasteiger partial charge in [0, 0.05) is 5.92 Å². The summed E-state index contributed by atoms with van der Waals surface area (Å²) in [5.41, 5.74) is 4.35. The SMILES string of the molecule is NS(=O)(=O)OCC1CC(c2csc3c(NC4CCc5cc6c(cc54)OCO6)ncnc23)CC1O. The van der Waals surface area contributed by atoms with Gasteiger partial charge in [0.25, 0.3) is 0 Å². The quantitative estimate of drug-likeness (QED) is 0.461. The van der Waals surface area contributed by atoms with E-state index in [2.05, 4.69) is 32.8 Å². The van der Waals surface area contributed by atoms with Gasteiger partial charge in [-0.1, -0.05) is 0 Å². The van der Waals surface area contributed by atoms with Crippen LogP contribution in [0, 0.1) is 5.92 Å². The third-order valence-corrected chi connectivity index (χ3v) is 8.41. The van der Waals surface area contributed by atoms with Crippen LogP contribution in [0.5, 0.6) is 11.5 Å². The highest BCUT2D eigenvalue weighted by Gasteiger charge is 2.36. The van der Waals surface area contributed by atoms with E-state index in [-0.39, 0.29) is 31.3 Å². The van der Waals surface area contributed by atoms with Crippen LogP contribution in [0.15, 0.2) is 23.8 Å². The number of benzene rings is 1. The van der Waals surface area contributed by atoms with Crippen molar-refractivity contribution in [3.63, 3.8) is 0 Å². The number of hydrogen-bond donors (Lipinski definition) is 3. The number of nitrogens with one attached hydrogen (secondary N) is 1. The lowest BCUT2D eigenvalue weighted by molar-refractivity contribution is 0.101. The smallest absolute Gasteiger partial charge is 0.333 e. The summed E-state index contributed by atoms with van der Waals surface area (Å²) in [6.45, 7) is 0.131. The van der Waals surface area contributed by atoms with Gasteiger partial charge in [-0.25, -0.2) is 15.1 Å². The molecule has 10 nitrogen and oxygen atoms in total. The summed E-state index contributed by atoms with van der Waals surface area (Å²) in [5, 5.41) is 21.1. The molecule has 3 aliphatic rings. The summed E-state index contributed by atoms with van der Waals surface area (Å²) >= 11 is 1.57. The van der Waals surface area contributed by atoms with Gasteiger partial charge in [-0.3, -0.25) is 4.18 Å². The monoisotopic (exact) mass is 504 g/mol. The van der Waals surface area contributed by atoms with Crippen LogP contribution in [-0.2, 0) is 20.9 Å². The van der Waals surface area contributed by atoms with E-state index < -0.39 is 16.4 Å². The first-order valence-electron chi connectivity index (χ1n) is 11.1. The number of rotatable bonds is 6. The minimum Gasteiger partial charge on any atom is -0.454 e. The number of aryl methyl sites for hydroxylation is 1. The van der Waals surface area contributed by atoms with Gasteiger partial charge < -0.3 is 19.9 Å². The molecule has 2 aromatic heterocycles. The van der Waals surface area contributed by atoms with Crippen LogP contribution >= 0.6 is 11.3 Å².